The largest absolute Gasteiger partial charge is 0.489 e. The minimum absolute atomic E-state index is 0.0945. The highest BCUT2D eigenvalue weighted by Gasteiger charge is 2.54. The lowest BCUT2D eigenvalue weighted by molar-refractivity contribution is -0.132. The molecule has 2 heterocycles. The van der Waals surface area contributed by atoms with Crippen LogP contribution in [0.5, 0.6) is 5.75 Å². The van der Waals surface area contributed by atoms with Gasteiger partial charge >= 0.3 is 0 Å². The molecular weight excluding hydrogens is 370 g/mol. The number of allylic oxidation sites excluding steroid dienone is 3. The van der Waals surface area contributed by atoms with E-state index in [1.165, 1.54) is 4.90 Å². The fourth-order valence-electron chi connectivity index (χ4n) is 3.66. The lowest BCUT2D eigenvalue weighted by Gasteiger charge is -2.39. The Bertz CT molecular complexity index is 801. The third kappa shape index (κ3) is 2.20. The van der Waals surface area contributed by atoms with Gasteiger partial charge in [0.05, 0.1) is 0 Å². The van der Waals surface area contributed by atoms with Crippen molar-refractivity contribution < 1.29 is 9.53 Å². The van der Waals surface area contributed by atoms with E-state index in [0.717, 1.165) is 16.5 Å². The summed E-state index contributed by atoms with van der Waals surface area (Å²) in [6.07, 6.45) is 9.59. The predicted molar refractivity (Wildman–Crippen MR) is 95.6 cm³/mol. The first-order valence-corrected chi connectivity index (χ1v) is 8.74. The van der Waals surface area contributed by atoms with E-state index in [1.807, 2.05) is 30.4 Å². The third-order valence-corrected chi connectivity index (χ3v) is 5.45. The normalized spacial score (nSPS) is 31.2. The molecule has 6 heteroatoms. The summed E-state index contributed by atoms with van der Waals surface area (Å²) < 4.78 is 7.13. The van der Waals surface area contributed by atoms with Gasteiger partial charge in [-0.05, 0) is 24.6 Å². The summed E-state index contributed by atoms with van der Waals surface area (Å²) in [5.41, 5.74) is 5.76. The van der Waals surface area contributed by atoms with Gasteiger partial charge in [-0.15, -0.1) is 0 Å². The Balaban J connectivity index is 1.83. The number of carbonyl (C=O) groups is 1. The Morgan fingerprint density at radius 2 is 2.25 bits per heavy atom. The van der Waals surface area contributed by atoms with Crippen LogP contribution in [0.3, 0.4) is 0 Å². The maximum absolute atomic E-state index is 13.0. The molecule has 1 unspecified atom stereocenters. The lowest BCUT2D eigenvalue weighted by Crippen LogP contribution is -2.47. The number of likely N-dealkylation sites (N-methyl/N-ethyl adjacent to an activating group) is 1. The molecule has 5 nitrogen and oxygen atoms in total. The highest BCUT2D eigenvalue weighted by atomic mass is 79.9. The second-order valence-corrected chi connectivity index (χ2v) is 7.32. The molecule has 24 heavy (non-hydrogen) atoms. The van der Waals surface area contributed by atoms with E-state index in [-0.39, 0.29) is 23.9 Å². The summed E-state index contributed by atoms with van der Waals surface area (Å²) in [6, 6.07) is 5.73. The Morgan fingerprint density at radius 1 is 1.42 bits per heavy atom. The van der Waals surface area contributed by atoms with Crippen LogP contribution < -0.4 is 10.5 Å². The number of halogens is 1. The molecule has 1 amide bonds. The number of rotatable bonds is 1. The number of guanidine groups is 1. The van der Waals surface area contributed by atoms with Gasteiger partial charge < -0.3 is 10.5 Å². The zero-order chi connectivity index (χ0) is 16.9. The molecule has 1 aromatic carbocycles. The molecule has 124 valence electrons. The van der Waals surface area contributed by atoms with Crippen LogP contribution in [0.25, 0.3) is 0 Å². The Labute approximate surface area is 149 Å². The maximum Gasteiger partial charge on any atom is 0.261 e. The van der Waals surface area contributed by atoms with Gasteiger partial charge in [0.2, 0.25) is 0 Å². The number of nitrogens with two attached hydrogens (primary N) is 1. The number of hydrogen-bond donors (Lipinski definition) is 1. The van der Waals surface area contributed by atoms with Gasteiger partial charge in [0.25, 0.3) is 5.91 Å². The molecule has 4 rings (SSSR count). The Kier molecular flexibility index (Phi) is 3.53. The van der Waals surface area contributed by atoms with E-state index in [0.29, 0.717) is 12.2 Å². The fourth-order valence-corrected chi connectivity index (χ4v) is 4.02. The minimum atomic E-state index is -0.990. The molecule has 0 radical (unpaired) electrons. The van der Waals surface area contributed by atoms with Crippen molar-refractivity contribution in [2.75, 3.05) is 7.05 Å². The van der Waals surface area contributed by atoms with Gasteiger partial charge in [0, 0.05) is 29.4 Å². The van der Waals surface area contributed by atoms with Crippen molar-refractivity contribution in [2.24, 2.45) is 16.6 Å². The summed E-state index contributed by atoms with van der Waals surface area (Å²) in [6.45, 7) is 0. The highest BCUT2D eigenvalue weighted by Crippen LogP contribution is 2.48. The first-order valence-electron chi connectivity index (χ1n) is 7.95. The van der Waals surface area contributed by atoms with Crippen molar-refractivity contribution >= 4 is 27.8 Å². The molecule has 2 N–H and O–H groups in total. The minimum Gasteiger partial charge on any atom is -0.489 e. The number of carbonyl (C=O) groups excluding carboxylic acids is 1. The van der Waals surface area contributed by atoms with E-state index in [1.54, 1.807) is 7.05 Å². The van der Waals surface area contributed by atoms with Crippen molar-refractivity contribution in [3.63, 3.8) is 0 Å². The summed E-state index contributed by atoms with van der Waals surface area (Å²) in [7, 11) is 1.67. The molecule has 3 aliphatic rings. The quantitative estimate of drug-likeness (QED) is 0.805. The third-order valence-electron chi connectivity index (χ3n) is 4.96. The monoisotopic (exact) mass is 387 g/mol. The highest BCUT2D eigenvalue weighted by molar-refractivity contribution is 9.10. The van der Waals surface area contributed by atoms with Crippen LogP contribution in [-0.4, -0.2) is 29.9 Å². The average molecular weight is 388 g/mol. The smallest absolute Gasteiger partial charge is 0.261 e. The van der Waals surface area contributed by atoms with Crippen LogP contribution in [0.4, 0.5) is 0 Å². The zero-order valence-corrected chi connectivity index (χ0v) is 14.9. The molecule has 1 aromatic rings. The van der Waals surface area contributed by atoms with Gasteiger partial charge in [-0.2, -0.15) is 0 Å². The SMILES string of the molecule is CN1C(=O)[C@@]2(C[C@H](C3C=CC=CC3)Oc3ccc(Br)cc32)N=C1N. The zero-order valence-electron chi connectivity index (χ0n) is 13.3. The molecular formula is C18H18BrN3O2. The maximum atomic E-state index is 13.0. The number of ether oxygens (including phenoxy) is 1. The summed E-state index contributed by atoms with van der Waals surface area (Å²) in [4.78, 5) is 19.1. The topological polar surface area (TPSA) is 67.9 Å². The molecule has 1 spiro atoms. The predicted octanol–water partition coefficient (Wildman–Crippen LogP) is 2.71. The van der Waals surface area contributed by atoms with Crippen LogP contribution in [0.2, 0.25) is 0 Å². The summed E-state index contributed by atoms with van der Waals surface area (Å²) >= 11 is 3.48. The number of amides is 1. The summed E-state index contributed by atoms with van der Waals surface area (Å²) in [5, 5.41) is 0. The first-order chi connectivity index (χ1) is 11.5. The average Bonchev–Trinajstić information content (AvgIpc) is 2.81. The fraction of sp³-hybridized carbons (Fsp3) is 0.333. The number of benzene rings is 1. The molecule has 0 saturated heterocycles. The molecule has 0 saturated carbocycles. The molecule has 1 aliphatic carbocycles. The van der Waals surface area contributed by atoms with Crippen molar-refractivity contribution in [1.82, 2.24) is 4.90 Å². The van der Waals surface area contributed by atoms with E-state index >= 15 is 0 Å². The summed E-state index contributed by atoms with van der Waals surface area (Å²) in [5.74, 6) is 1.09. The van der Waals surface area contributed by atoms with Crippen LogP contribution in [0, 0.1) is 5.92 Å². The number of aliphatic imine (C=N–C) groups is 1. The van der Waals surface area contributed by atoms with Crippen molar-refractivity contribution in [3.05, 3.63) is 52.5 Å². The van der Waals surface area contributed by atoms with Crippen molar-refractivity contribution in [2.45, 2.75) is 24.5 Å². The van der Waals surface area contributed by atoms with E-state index in [9.17, 15) is 4.79 Å². The van der Waals surface area contributed by atoms with Crippen LogP contribution in [0.15, 0.2) is 52.0 Å². The molecule has 0 bridgehead atoms. The van der Waals surface area contributed by atoms with Gasteiger partial charge in [0.15, 0.2) is 11.5 Å². The van der Waals surface area contributed by atoms with Gasteiger partial charge in [-0.3, -0.25) is 9.69 Å². The van der Waals surface area contributed by atoms with Crippen molar-refractivity contribution in [1.29, 1.82) is 0 Å². The van der Waals surface area contributed by atoms with Crippen molar-refractivity contribution in [3.8, 4) is 5.75 Å². The van der Waals surface area contributed by atoms with Gasteiger partial charge in [0.1, 0.15) is 11.9 Å². The first kappa shape index (κ1) is 15.4. The molecule has 0 aromatic heterocycles. The Morgan fingerprint density at radius 3 is 2.92 bits per heavy atom. The van der Waals surface area contributed by atoms with Crippen LogP contribution in [-0.2, 0) is 10.3 Å². The van der Waals surface area contributed by atoms with Gasteiger partial charge in [-0.25, -0.2) is 4.99 Å². The van der Waals surface area contributed by atoms with Crippen LogP contribution >= 0.6 is 15.9 Å². The molecule has 2 aliphatic heterocycles. The molecule has 3 atom stereocenters. The van der Waals surface area contributed by atoms with E-state index < -0.39 is 5.54 Å². The Hall–Kier alpha value is -2.08. The number of nitrogens with zero attached hydrogens (tertiary/aromatic N) is 2. The standard InChI is InChI=1S/C18H18BrN3O2/c1-22-16(23)18(21-17(22)20)10-15(11-5-3-2-4-6-11)24-14-8-7-12(19)9-13(14)18/h2-5,7-9,11,15H,6,10H2,1H3,(H2,20,21)/t11?,15-,18+/m1/s1. The second kappa shape index (κ2) is 5.48. The second-order valence-electron chi connectivity index (χ2n) is 6.41. The lowest BCUT2D eigenvalue weighted by atomic mass is 9.77. The molecule has 0 fully saturated rings. The van der Waals surface area contributed by atoms with E-state index in [4.69, 9.17) is 10.5 Å². The number of fused-ring (bicyclic) bond motifs is 2. The number of hydrogen-bond acceptors (Lipinski definition) is 4. The van der Waals surface area contributed by atoms with E-state index in [2.05, 4.69) is 33.1 Å². The van der Waals surface area contributed by atoms with Gasteiger partial charge in [-0.1, -0.05) is 40.2 Å². The van der Waals surface area contributed by atoms with Crippen LogP contribution in [0.1, 0.15) is 18.4 Å².